The summed E-state index contributed by atoms with van der Waals surface area (Å²) in [6.07, 6.45) is 58.5. The fraction of sp³-hybridized carbons (Fsp3) is 0.950. The Morgan fingerprint density at radius 2 is 0.515 bits per heavy atom. The Morgan fingerprint density at radius 3 is 0.768 bits per heavy atom. The van der Waals surface area contributed by atoms with Crippen LogP contribution in [0.25, 0.3) is 0 Å². The highest BCUT2D eigenvalue weighted by molar-refractivity contribution is 7.47. The molecular formula is C80H156O17P2. The molecule has 0 rings (SSSR count). The zero-order chi connectivity index (χ0) is 73.0. The van der Waals surface area contributed by atoms with Gasteiger partial charge in [-0.1, -0.05) is 363 Å². The van der Waals surface area contributed by atoms with Crippen molar-refractivity contribution in [3.8, 4) is 0 Å². The van der Waals surface area contributed by atoms with Gasteiger partial charge in [0.15, 0.2) is 12.2 Å². The fourth-order valence-electron chi connectivity index (χ4n) is 12.3. The van der Waals surface area contributed by atoms with Gasteiger partial charge in [-0.05, 0) is 43.4 Å². The van der Waals surface area contributed by atoms with E-state index in [1.807, 2.05) is 0 Å². The number of carbonyl (C=O) groups is 4. The summed E-state index contributed by atoms with van der Waals surface area (Å²) >= 11 is 0. The first-order valence-corrected chi connectivity index (χ1v) is 44.4. The summed E-state index contributed by atoms with van der Waals surface area (Å²) in [6, 6.07) is 0. The molecule has 0 amide bonds. The van der Waals surface area contributed by atoms with E-state index in [2.05, 4.69) is 48.5 Å². The average Bonchev–Trinajstić information content (AvgIpc) is 1.15. The minimum Gasteiger partial charge on any atom is -0.462 e. The number of esters is 4. The molecule has 99 heavy (non-hydrogen) atoms. The van der Waals surface area contributed by atoms with Crippen molar-refractivity contribution in [1.29, 1.82) is 0 Å². The SMILES string of the molecule is CCCCCCCCCCCCCCCCCCCCCCCCC(=O)O[C@H](COC(=O)CCCCCCCCCCCCCC(C)C)COP(=O)(O)OC[C@@H](O)COP(=O)(O)OC[C@@H](COC(=O)CCCCCCCCC(C)CC)OC(=O)CCCCCCCCCCCCC(C)C. The number of hydrogen-bond donors (Lipinski definition) is 3. The standard InChI is InChI=1S/C80H156O17P2/c1-8-10-11-12-13-14-15-16-17-18-19-20-21-22-23-24-25-28-35-40-49-56-63-79(84)96-75(67-90-77(82)61-54-47-39-34-29-26-27-32-37-44-51-58-71(3)4)69-94-98(86,87)92-65-74(81)66-93-99(88,89)95-70-76(68-91-78(83)62-55-48-43-42-46-53-60-73(7)9-2)97-80(85)64-57-50-41-36-31-30-33-38-45-52-59-72(5)6/h71-76,81H,8-70H2,1-7H3,(H,86,87)(H,88,89)/t73?,74-,75-,76-/m1/s1. The molecule has 17 nitrogen and oxygen atoms in total. The molecule has 0 fully saturated rings. The second-order valence-corrected chi connectivity index (χ2v) is 32.9. The zero-order valence-electron chi connectivity index (χ0n) is 65.0. The zero-order valence-corrected chi connectivity index (χ0v) is 66.8. The number of rotatable bonds is 78. The third-order valence-electron chi connectivity index (χ3n) is 19.0. The van der Waals surface area contributed by atoms with Crippen molar-refractivity contribution in [1.82, 2.24) is 0 Å². The maximum Gasteiger partial charge on any atom is 0.472 e. The van der Waals surface area contributed by atoms with Crippen LogP contribution in [0, 0.1) is 17.8 Å². The summed E-state index contributed by atoms with van der Waals surface area (Å²) in [5.74, 6) is 0.138. The number of phosphoric ester groups is 2. The highest BCUT2D eigenvalue weighted by atomic mass is 31.2. The van der Waals surface area contributed by atoms with Crippen molar-refractivity contribution in [3.63, 3.8) is 0 Å². The van der Waals surface area contributed by atoms with Crippen LogP contribution in [0.3, 0.4) is 0 Å². The molecule has 0 aliphatic carbocycles. The monoisotopic (exact) mass is 1450 g/mol. The van der Waals surface area contributed by atoms with Gasteiger partial charge in [0.05, 0.1) is 26.4 Å². The van der Waals surface area contributed by atoms with Crippen molar-refractivity contribution < 1.29 is 80.2 Å². The first-order chi connectivity index (χ1) is 47.8. The molecule has 0 spiro atoms. The molecule has 0 aliphatic heterocycles. The number of unbranched alkanes of at least 4 members (excludes halogenated alkanes) is 45. The van der Waals surface area contributed by atoms with E-state index in [9.17, 15) is 43.2 Å². The second-order valence-electron chi connectivity index (χ2n) is 30.0. The van der Waals surface area contributed by atoms with Crippen molar-refractivity contribution in [3.05, 3.63) is 0 Å². The molecule has 3 N–H and O–H groups in total. The van der Waals surface area contributed by atoms with Crippen molar-refractivity contribution in [2.75, 3.05) is 39.6 Å². The van der Waals surface area contributed by atoms with Crippen molar-refractivity contribution in [2.45, 2.75) is 433 Å². The fourth-order valence-corrected chi connectivity index (χ4v) is 13.9. The lowest BCUT2D eigenvalue weighted by molar-refractivity contribution is -0.161. The summed E-state index contributed by atoms with van der Waals surface area (Å²) < 4.78 is 68.6. The highest BCUT2D eigenvalue weighted by Crippen LogP contribution is 2.45. The van der Waals surface area contributed by atoms with Gasteiger partial charge in [-0.2, -0.15) is 0 Å². The van der Waals surface area contributed by atoms with Crippen LogP contribution in [0.15, 0.2) is 0 Å². The summed E-state index contributed by atoms with van der Waals surface area (Å²) in [5.41, 5.74) is 0. The third-order valence-corrected chi connectivity index (χ3v) is 20.9. The van der Waals surface area contributed by atoms with Gasteiger partial charge in [0.1, 0.15) is 19.3 Å². The number of ether oxygens (including phenoxy) is 4. The van der Waals surface area contributed by atoms with E-state index in [0.717, 1.165) is 114 Å². The number of hydrogen-bond acceptors (Lipinski definition) is 15. The quantitative estimate of drug-likeness (QED) is 0.0222. The predicted molar refractivity (Wildman–Crippen MR) is 405 cm³/mol. The van der Waals surface area contributed by atoms with E-state index in [4.69, 9.17) is 37.0 Å². The Bertz CT molecular complexity index is 1920. The molecule has 0 aliphatic rings. The van der Waals surface area contributed by atoms with Crippen LogP contribution in [0.4, 0.5) is 0 Å². The summed E-state index contributed by atoms with van der Waals surface area (Å²) in [6.45, 7) is 11.9. The Hall–Kier alpha value is -1.94. The van der Waals surface area contributed by atoms with Crippen LogP contribution in [0.5, 0.6) is 0 Å². The Labute approximate surface area is 607 Å². The van der Waals surface area contributed by atoms with Crippen molar-refractivity contribution >= 4 is 39.5 Å². The molecule has 0 aromatic carbocycles. The number of aliphatic hydroxyl groups excluding tert-OH is 1. The average molecular weight is 1450 g/mol. The van der Waals surface area contributed by atoms with Gasteiger partial charge < -0.3 is 33.8 Å². The van der Waals surface area contributed by atoms with Crippen LogP contribution >= 0.6 is 15.6 Å². The summed E-state index contributed by atoms with van der Waals surface area (Å²) in [5, 5.41) is 10.6. The van der Waals surface area contributed by atoms with E-state index >= 15 is 0 Å². The molecule has 0 heterocycles. The first-order valence-electron chi connectivity index (χ1n) is 41.4. The normalized spacial score (nSPS) is 14.3. The molecular weight excluding hydrogens is 1290 g/mol. The lowest BCUT2D eigenvalue weighted by atomic mass is 10.00. The molecule has 0 aromatic heterocycles. The van der Waals surface area contributed by atoms with Crippen LogP contribution < -0.4 is 0 Å². The van der Waals surface area contributed by atoms with Gasteiger partial charge in [-0.15, -0.1) is 0 Å². The molecule has 0 bridgehead atoms. The van der Waals surface area contributed by atoms with E-state index < -0.39 is 97.5 Å². The number of carbonyl (C=O) groups excluding carboxylic acids is 4. The van der Waals surface area contributed by atoms with Crippen LogP contribution in [0.2, 0.25) is 0 Å². The third kappa shape index (κ3) is 72.8. The van der Waals surface area contributed by atoms with Gasteiger partial charge in [0.2, 0.25) is 0 Å². The maximum atomic E-state index is 13.1. The van der Waals surface area contributed by atoms with Gasteiger partial charge in [-0.25, -0.2) is 9.13 Å². The number of aliphatic hydroxyl groups is 1. The lowest BCUT2D eigenvalue weighted by Gasteiger charge is -2.21. The summed E-state index contributed by atoms with van der Waals surface area (Å²) in [7, 11) is -9.92. The minimum atomic E-state index is -4.96. The van der Waals surface area contributed by atoms with E-state index in [1.165, 1.54) is 218 Å². The number of phosphoric acid groups is 2. The Balaban J connectivity index is 5.21. The van der Waals surface area contributed by atoms with Gasteiger partial charge in [0.25, 0.3) is 0 Å². The van der Waals surface area contributed by atoms with Crippen molar-refractivity contribution in [2.24, 2.45) is 17.8 Å². The Morgan fingerprint density at radius 1 is 0.293 bits per heavy atom. The molecule has 0 radical (unpaired) electrons. The molecule has 19 heteroatoms. The van der Waals surface area contributed by atoms with Gasteiger partial charge in [0, 0.05) is 25.7 Å². The molecule has 6 atom stereocenters. The van der Waals surface area contributed by atoms with Crippen LogP contribution in [-0.4, -0.2) is 96.7 Å². The Kier molecular flexibility index (Phi) is 69.0. The maximum absolute atomic E-state index is 13.1. The topological polar surface area (TPSA) is 237 Å². The predicted octanol–water partition coefficient (Wildman–Crippen LogP) is 23.7. The highest BCUT2D eigenvalue weighted by Gasteiger charge is 2.30. The summed E-state index contributed by atoms with van der Waals surface area (Å²) in [4.78, 5) is 72.9. The largest absolute Gasteiger partial charge is 0.472 e. The molecule has 0 aromatic rings. The van der Waals surface area contributed by atoms with Crippen LogP contribution in [0.1, 0.15) is 414 Å². The minimum absolute atomic E-state index is 0.105. The molecule has 588 valence electrons. The van der Waals surface area contributed by atoms with Gasteiger partial charge in [-0.3, -0.25) is 37.3 Å². The van der Waals surface area contributed by atoms with Gasteiger partial charge >= 0.3 is 39.5 Å². The van der Waals surface area contributed by atoms with E-state index in [1.54, 1.807) is 0 Å². The lowest BCUT2D eigenvalue weighted by Crippen LogP contribution is -2.30. The first kappa shape index (κ1) is 97.1. The second kappa shape index (κ2) is 70.4. The molecule has 3 unspecified atom stereocenters. The van der Waals surface area contributed by atoms with E-state index in [0.29, 0.717) is 25.7 Å². The smallest absolute Gasteiger partial charge is 0.462 e. The van der Waals surface area contributed by atoms with Crippen LogP contribution in [-0.2, 0) is 65.4 Å². The van der Waals surface area contributed by atoms with E-state index in [-0.39, 0.29) is 25.7 Å². The molecule has 0 saturated heterocycles. The molecule has 0 saturated carbocycles.